The SMILES string of the molecule is CC(C)Nc1cc(C(=O)CS)on1. The Morgan fingerprint density at radius 3 is 3.00 bits per heavy atom. The van der Waals surface area contributed by atoms with Crippen LogP contribution in [0.4, 0.5) is 5.82 Å². The van der Waals surface area contributed by atoms with E-state index in [-0.39, 0.29) is 23.3 Å². The zero-order valence-corrected chi connectivity index (χ0v) is 8.47. The molecule has 0 atom stereocenters. The molecule has 4 nitrogen and oxygen atoms in total. The average molecular weight is 200 g/mol. The lowest BCUT2D eigenvalue weighted by atomic mass is 10.3. The van der Waals surface area contributed by atoms with Crippen molar-refractivity contribution >= 4 is 24.2 Å². The van der Waals surface area contributed by atoms with Crippen LogP contribution in [-0.4, -0.2) is 22.7 Å². The van der Waals surface area contributed by atoms with E-state index >= 15 is 0 Å². The summed E-state index contributed by atoms with van der Waals surface area (Å²) in [4.78, 5) is 11.1. The van der Waals surface area contributed by atoms with Gasteiger partial charge >= 0.3 is 0 Å². The molecule has 0 aliphatic carbocycles. The molecule has 0 unspecified atom stereocenters. The Labute approximate surface area is 82.1 Å². The molecule has 0 fully saturated rings. The van der Waals surface area contributed by atoms with Crippen molar-refractivity contribution in [3.05, 3.63) is 11.8 Å². The van der Waals surface area contributed by atoms with Gasteiger partial charge in [-0.25, -0.2) is 0 Å². The van der Waals surface area contributed by atoms with Gasteiger partial charge in [0.1, 0.15) is 0 Å². The molecule has 0 bridgehead atoms. The fourth-order valence-electron chi connectivity index (χ4n) is 0.848. The Morgan fingerprint density at radius 1 is 1.77 bits per heavy atom. The number of hydrogen-bond acceptors (Lipinski definition) is 5. The highest BCUT2D eigenvalue weighted by molar-refractivity contribution is 7.81. The number of carbonyl (C=O) groups excluding carboxylic acids is 1. The number of hydrogen-bond donors (Lipinski definition) is 2. The molecule has 0 amide bonds. The van der Waals surface area contributed by atoms with Gasteiger partial charge in [0.25, 0.3) is 0 Å². The Kier molecular flexibility index (Phi) is 3.36. The number of ketones is 1. The zero-order chi connectivity index (χ0) is 9.84. The fraction of sp³-hybridized carbons (Fsp3) is 0.500. The largest absolute Gasteiger partial charge is 0.365 e. The normalized spacial score (nSPS) is 10.5. The van der Waals surface area contributed by atoms with E-state index in [1.807, 2.05) is 13.8 Å². The third kappa shape index (κ3) is 2.77. The van der Waals surface area contributed by atoms with Gasteiger partial charge in [0, 0.05) is 12.1 Å². The van der Waals surface area contributed by atoms with Crippen LogP contribution in [0.25, 0.3) is 0 Å². The van der Waals surface area contributed by atoms with Crippen molar-refractivity contribution < 1.29 is 9.32 Å². The second kappa shape index (κ2) is 4.32. The molecule has 0 aromatic carbocycles. The van der Waals surface area contributed by atoms with Crippen LogP contribution >= 0.6 is 12.6 Å². The summed E-state index contributed by atoms with van der Waals surface area (Å²) in [5, 5.41) is 6.71. The second-order valence-corrected chi connectivity index (χ2v) is 3.27. The number of aromatic nitrogens is 1. The third-order valence-electron chi connectivity index (χ3n) is 1.37. The fourth-order valence-corrected chi connectivity index (χ4v) is 1.00. The standard InChI is InChI=1S/C8H12N2O2S/c1-5(2)9-8-3-7(12-10-8)6(11)4-13/h3,5,13H,4H2,1-2H3,(H,9,10). The topological polar surface area (TPSA) is 55.1 Å². The van der Waals surface area contributed by atoms with Gasteiger partial charge in [-0.05, 0) is 13.8 Å². The number of carbonyl (C=O) groups is 1. The summed E-state index contributed by atoms with van der Waals surface area (Å²) in [6.07, 6.45) is 0. The van der Waals surface area contributed by atoms with E-state index in [1.54, 1.807) is 6.07 Å². The Morgan fingerprint density at radius 2 is 2.46 bits per heavy atom. The van der Waals surface area contributed by atoms with E-state index in [2.05, 4.69) is 23.1 Å². The molecule has 0 saturated heterocycles. The van der Waals surface area contributed by atoms with Crippen LogP contribution in [0, 0.1) is 0 Å². The minimum absolute atomic E-state index is 0.135. The van der Waals surface area contributed by atoms with Crippen molar-refractivity contribution in [2.45, 2.75) is 19.9 Å². The molecule has 1 aromatic heterocycles. The summed E-state index contributed by atoms with van der Waals surface area (Å²) in [6, 6.07) is 1.85. The number of nitrogens with one attached hydrogen (secondary N) is 1. The van der Waals surface area contributed by atoms with Gasteiger partial charge in [0.15, 0.2) is 5.82 Å². The molecule has 0 aliphatic rings. The highest BCUT2D eigenvalue weighted by Gasteiger charge is 2.11. The van der Waals surface area contributed by atoms with E-state index < -0.39 is 0 Å². The highest BCUT2D eigenvalue weighted by Crippen LogP contribution is 2.10. The number of nitrogens with zero attached hydrogens (tertiary/aromatic N) is 1. The molecule has 13 heavy (non-hydrogen) atoms. The number of rotatable bonds is 4. The van der Waals surface area contributed by atoms with Crippen molar-refractivity contribution in [1.29, 1.82) is 0 Å². The van der Waals surface area contributed by atoms with Gasteiger partial charge in [0.2, 0.25) is 11.5 Å². The molecule has 1 heterocycles. The smallest absolute Gasteiger partial charge is 0.210 e. The van der Waals surface area contributed by atoms with Crippen molar-refractivity contribution in [2.24, 2.45) is 0 Å². The van der Waals surface area contributed by atoms with E-state index in [4.69, 9.17) is 4.52 Å². The molecular formula is C8H12N2O2S. The molecule has 0 spiro atoms. The average Bonchev–Trinajstić information content (AvgIpc) is 2.50. The molecule has 0 radical (unpaired) electrons. The van der Waals surface area contributed by atoms with E-state index in [0.29, 0.717) is 5.82 Å². The molecule has 72 valence electrons. The van der Waals surface area contributed by atoms with Crippen LogP contribution in [-0.2, 0) is 0 Å². The van der Waals surface area contributed by atoms with Crippen LogP contribution in [0.5, 0.6) is 0 Å². The summed E-state index contributed by atoms with van der Waals surface area (Å²) >= 11 is 3.85. The van der Waals surface area contributed by atoms with Gasteiger partial charge in [-0.1, -0.05) is 5.16 Å². The van der Waals surface area contributed by atoms with Crippen LogP contribution in [0.2, 0.25) is 0 Å². The highest BCUT2D eigenvalue weighted by atomic mass is 32.1. The number of Topliss-reactive ketones (excluding diaryl/α,β-unsaturated/α-hetero) is 1. The lowest BCUT2D eigenvalue weighted by Crippen LogP contribution is -2.09. The van der Waals surface area contributed by atoms with E-state index in [1.165, 1.54) is 0 Å². The van der Waals surface area contributed by atoms with Crippen molar-refractivity contribution in [2.75, 3.05) is 11.1 Å². The summed E-state index contributed by atoms with van der Waals surface area (Å²) in [5.41, 5.74) is 0. The van der Waals surface area contributed by atoms with Crippen LogP contribution in [0.3, 0.4) is 0 Å². The minimum atomic E-state index is -0.160. The second-order valence-electron chi connectivity index (χ2n) is 2.96. The van der Waals surface area contributed by atoms with Crippen LogP contribution in [0.1, 0.15) is 24.4 Å². The quantitative estimate of drug-likeness (QED) is 0.572. The summed E-state index contributed by atoms with van der Waals surface area (Å²) < 4.78 is 4.81. The Balaban J connectivity index is 2.69. The molecular weight excluding hydrogens is 188 g/mol. The molecule has 1 aromatic rings. The molecule has 0 aliphatic heterocycles. The Hall–Kier alpha value is -0.970. The van der Waals surface area contributed by atoms with E-state index in [9.17, 15) is 4.79 Å². The number of anilines is 1. The maximum Gasteiger partial charge on any atom is 0.210 e. The van der Waals surface area contributed by atoms with Crippen molar-refractivity contribution in [1.82, 2.24) is 5.16 Å². The van der Waals surface area contributed by atoms with Crippen LogP contribution in [0.15, 0.2) is 10.6 Å². The van der Waals surface area contributed by atoms with Gasteiger partial charge in [0.05, 0.1) is 5.75 Å². The first kappa shape index (κ1) is 10.1. The lowest BCUT2D eigenvalue weighted by Gasteiger charge is -2.03. The first-order valence-corrected chi connectivity index (χ1v) is 4.64. The van der Waals surface area contributed by atoms with Crippen LogP contribution < -0.4 is 5.32 Å². The monoisotopic (exact) mass is 200 g/mol. The zero-order valence-electron chi connectivity index (χ0n) is 7.57. The molecule has 0 saturated carbocycles. The first-order chi connectivity index (χ1) is 6.13. The molecule has 5 heteroatoms. The maximum absolute atomic E-state index is 11.1. The summed E-state index contributed by atoms with van der Waals surface area (Å²) in [5.74, 6) is 0.807. The Bertz CT molecular complexity index is 296. The third-order valence-corrected chi connectivity index (χ3v) is 1.65. The summed E-state index contributed by atoms with van der Waals surface area (Å²) in [7, 11) is 0. The van der Waals surface area contributed by atoms with Gasteiger partial charge in [-0.2, -0.15) is 12.6 Å². The minimum Gasteiger partial charge on any atom is -0.365 e. The van der Waals surface area contributed by atoms with Gasteiger partial charge in [-0.3, -0.25) is 4.79 Å². The van der Waals surface area contributed by atoms with Crippen molar-refractivity contribution in [3.63, 3.8) is 0 Å². The maximum atomic E-state index is 11.1. The van der Waals surface area contributed by atoms with Gasteiger partial charge < -0.3 is 9.84 Å². The molecule has 1 N–H and O–H groups in total. The van der Waals surface area contributed by atoms with Gasteiger partial charge in [-0.15, -0.1) is 0 Å². The molecule has 1 rings (SSSR count). The predicted molar refractivity (Wildman–Crippen MR) is 53.4 cm³/mol. The summed E-state index contributed by atoms with van der Waals surface area (Å²) in [6.45, 7) is 3.96. The predicted octanol–water partition coefficient (Wildman–Crippen LogP) is 1.61. The number of thiol groups is 1. The first-order valence-electron chi connectivity index (χ1n) is 4.00. The van der Waals surface area contributed by atoms with Crippen molar-refractivity contribution in [3.8, 4) is 0 Å². The van der Waals surface area contributed by atoms with E-state index in [0.717, 1.165) is 0 Å². The lowest BCUT2D eigenvalue weighted by molar-refractivity contribution is 0.0984.